The molecule has 1 unspecified atom stereocenters. The minimum Gasteiger partial charge on any atom is -0.312 e. The summed E-state index contributed by atoms with van der Waals surface area (Å²) >= 11 is 0. The van der Waals surface area contributed by atoms with Crippen molar-refractivity contribution in [1.82, 2.24) is 0 Å². The van der Waals surface area contributed by atoms with E-state index in [4.69, 9.17) is 0 Å². The first-order valence-corrected chi connectivity index (χ1v) is 5.31. The maximum Gasteiger partial charge on any atom is 0.227 e. The maximum absolute atomic E-state index is 13.0. The van der Waals surface area contributed by atoms with Crippen LogP contribution in [0.4, 0.5) is 10.1 Å². The Kier molecular flexibility index (Phi) is 2.77. The van der Waals surface area contributed by atoms with Crippen LogP contribution in [-0.2, 0) is 4.79 Å². The first-order chi connectivity index (χ1) is 7.61. The average molecular weight is 219 g/mol. The number of carbonyl (C=O) groups excluding carboxylic acids is 1. The Morgan fingerprint density at radius 3 is 2.88 bits per heavy atom. The number of aryl methyl sites for hydroxylation is 1. The second kappa shape index (κ2) is 4.08. The Hall–Kier alpha value is -1.64. The molecule has 16 heavy (non-hydrogen) atoms. The van der Waals surface area contributed by atoms with Crippen molar-refractivity contribution in [2.24, 2.45) is 5.92 Å². The Labute approximate surface area is 94.4 Å². The van der Waals surface area contributed by atoms with Crippen LogP contribution in [0.5, 0.6) is 0 Å². The van der Waals surface area contributed by atoms with Crippen LogP contribution in [0.25, 0.3) is 0 Å². The van der Waals surface area contributed by atoms with E-state index in [0.717, 1.165) is 11.3 Å². The number of benzene rings is 1. The van der Waals surface area contributed by atoms with E-state index in [-0.39, 0.29) is 17.6 Å². The lowest BCUT2D eigenvalue weighted by atomic mass is 10.1. The predicted molar refractivity (Wildman–Crippen MR) is 61.8 cm³/mol. The average Bonchev–Trinajstić information content (AvgIpc) is 2.60. The lowest BCUT2D eigenvalue weighted by Gasteiger charge is -2.18. The lowest BCUT2D eigenvalue weighted by molar-refractivity contribution is -0.117. The normalized spacial score (nSPS) is 20.2. The van der Waals surface area contributed by atoms with Gasteiger partial charge < -0.3 is 4.90 Å². The molecule has 0 radical (unpaired) electrons. The van der Waals surface area contributed by atoms with Crippen LogP contribution >= 0.6 is 0 Å². The van der Waals surface area contributed by atoms with Crippen molar-refractivity contribution in [3.63, 3.8) is 0 Å². The highest BCUT2D eigenvalue weighted by Crippen LogP contribution is 2.28. The zero-order chi connectivity index (χ0) is 11.7. The molecule has 0 aliphatic carbocycles. The molecule has 1 fully saturated rings. The summed E-state index contributed by atoms with van der Waals surface area (Å²) in [7, 11) is 0. The zero-order valence-electron chi connectivity index (χ0n) is 9.24. The van der Waals surface area contributed by atoms with Gasteiger partial charge in [-0.3, -0.25) is 4.79 Å². The third kappa shape index (κ3) is 1.85. The highest BCUT2D eigenvalue weighted by Gasteiger charge is 2.29. The van der Waals surface area contributed by atoms with Gasteiger partial charge in [-0.1, -0.05) is 6.08 Å². The van der Waals surface area contributed by atoms with Gasteiger partial charge in [0.05, 0.1) is 0 Å². The number of carbonyl (C=O) groups is 1. The van der Waals surface area contributed by atoms with Crippen LogP contribution in [0.3, 0.4) is 0 Å². The van der Waals surface area contributed by atoms with Crippen LogP contribution < -0.4 is 4.90 Å². The van der Waals surface area contributed by atoms with Crippen LogP contribution in [-0.4, -0.2) is 12.5 Å². The van der Waals surface area contributed by atoms with E-state index < -0.39 is 0 Å². The van der Waals surface area contributed by atoms with E-state index in [2.05, 4.69) is 6.58 Å². The molecule has 2 nitrogen and oxygen atoms in total. The van der Waals surface area contributed by atoms with Gasteiger partial charge in [0.25, 0.3) is 0 Å². The van der Waals surface area contributed by atoms with E-state index in [1.54, 1.807) is 17.0 Å². The van der Waals surface area contributed by atoms with Gasteiger partial charge in [-0.15, -0.1) is 6.58 Å². The molecule has 1 saturated heterocycles. The molecule has 1 heterocycles. The molecular weight excluding hydrogens is 205 g/mol. The molecule has 1 aromatic carbocycles. The Bertz CT molecular complexity index is 442. The summed E-state index contributed by atoms with van der Waals surface area (Å²) in [5.41, 5.74) is 1.59. The smallest absolute Gasteiger partial charge is 0.227 e. The molecule has 1 aromatic rings. The predicted octanol–water partition coefficient (Wildman–Crippen LogP) is 2.67. The van der Waals surface area contributed by atoms with Crippen molar-refractivity contribution in [2.75, 3.05) is 11.4 Å². The van der Waals surface area contributed by atoms with Crippen molar-refractivity contribution in [3.8, 4) is 0 Å². The number of hydrogen-bond donors (Lipinski definition) is 0. The molecule has 1 aliphatic rings. The molecule has 0 spiro atoms. The van der Waals surface area contributed by atoms with Crippen molar-refractivity contribution in [3.05, 3.63) is 42.2 Å². The molecule has 1 aliphatic heterocycles. The van der Waals surface area contributed by atoms with Gasteiger partial charge in [-0.25, -0.2) is 4.39 Å². The second-order valence-corrected chi connectivity index (χ2v) is 4.14. The van der Waals surface area contributed by atoms with Crippen LogP contribution in [0, 0.1) is 18.7 Å². The Morgan fingerprint density at radius 2 is 2.31 bits per heavy atom. The van der Waals surface area contributed by atoms with Crippen LogP contribution in [0.1, 0.15) is 12.0 Å². The largest absolute Gasteiger partial charge is 0.312 e. The summed E-state index contributed by atoms with van der Waals surface area (Å²) in [6.45, 7) is 6.16. The molecule has 0 aromatic heterocycles. The van der Waals surface area contributed by atoms with E-state index in [1.807, 2.05) is 6.92 Å². The third-order valence-corrected chi connectivity index (χ3v) is 2.94. The summed E-state index contributed by atoms with van der Waals surface area (Å²) < 4.78 is 13.0. The number of amides is 1. The summed E-state index contributed by atoms with van der Waals surface area (Å²) in [6, 6.07) is 4.49. The van der Waals surface area contributed by atoms with Crippen LogP contribution in [0.15, 0.2) is 30.9 Å². The molecule has 0 bridgehead atoms. The summed E-state index contributed by atoms with van der Waals surface area (Å²) in [4.78, 5) is 13.5. The summed E-state index contributed by atoms with van der Waals surface area (Å²) in [5.74, 6) is 0.0183. The molecule has 1 amide bonds. The Balaban J connectivity index is 2.31. The quantitative estimate of drug-likeness (QED) is 0.700. The van der Waals surface area contributed by atoms with Gasteiger partial charge in [0.1, 0.15) is 5.82 Å². The third-order valence-electron chi connectivity index (χ3n) is 2.94. The van der Waals surface area contributed by atoms with Gasteiger partial charge in [0.2, 0.25) is 5.91 Å². The van der Waals surface area contributed by atoms with Crippen molar-refractivity contribution in [1.29, 1.82) is 0 Å². The van der Waals surface area contributed by atoms with E-state index in [0.29, 0.717) is 13.0 Å². The minimum absolute atomic E-state index is 0.0830. The summed E-state index contributed by atoms with van der Waals surface area (Å²) in [5, 5.41) is 0. The topological polar surface area (TPSA) is 20.3 Å². The van der Waals surface area contributed by atoms with Gasteiger partial charge in [-0.2, -0.15) is 0 Å². The number of anilines is 1. The molecule has 0 N–H and O–H groups in total. The van der Waals surface area contributed by atoms with Crippen molar-refractivity contribution < 1.29 is 9.18 Å². The van der Waals surface area contributed by atoms with Gasteiger partial charge in [0.15, 0.2) is 0 Å². The van der Waals surface area contributed by atoms with Crippen LogP contribution in [0.2, 0.25) is 0 Å². The highest BCUT2D eigenvalue weighted by atomic mass is 19.1. The fourth-order valence-corrected chi connectivity index (χ4v) is 2.05. The maximum atomic E-state index is 13.0. The van der Waals surface area contributed by atoms with E-state index in [1.165, 1.54) is 12.1 Å². The molecular formula is C13H14FNO. The van der Waals surface area contributed by atoms with Crippen molar-refractivity contribution >= 4 is 11.6 Å². The Morgan fingerprint density at radius 1 is 1.56 bits per heavy atom. The van der Waals surface area contributed by atoms with Gasteiger partial charge in [-0.05, 0) is 30.7 Å². The van der Waals surface area contributed by atoms with Gasteiger partial charge in [0, 0.05) is 24.6 Å². The first kappa shape index (κ1) is 10.9. The molecule has 84 valence electrons. The number of nitrogens with zero attached hydrogens (tertiary/aromatic N) is 1. The fraction of sp³-hybridized carbons (Fsp3) is 0.308. The molecule has 1 atom stereocenters. The van der Waals surface area contributed by atoms with E-state index >= 15 is 0 Å². The monoisotopic (exact) mass is 219 g/mol. The molecule has 2 rings (SSSR count). The number of halogens is 1. The number of hydrogen-bond acceptors (Lipinski definition) is 1. The standard InChI is InChI=1S/C13H14FNO/c1-3-10-7-13(16)15(8-10)12-5-4-11(14)6-9(12)2/h3-6,10H,1,7-8H2,2H3. The first-order valence-electron chi connectivity index (χ1n) is 5.31. The highest BCUT2D eigenvalue weighted by molar-refractivity contribution is 5.96. The molecule has 0 saturated carbocycles. The minimum atomic E-state index is -0.270. The van der Waals surface area contributed by atoms with Crippen molar-refractivity contribution in [2.45, 2.75) is 13.3 Å². The number of rotatable bonds is 2. The lowest BCUT2D eigenvalue weighted by Crippen LogP contribution is -2.25. The summed E-state index contributed by atoms with van der Waals surface area (Å²) in [6.07, 6.45) is 2.30. The second-order valence-electron chi connectivity index (χ2n) is 4.14. The van der Waals surface area contributed by atoms with Gasteiger partial charge >= 0.3 is 0 Å². The SMILES string of the molecule is C=CC1CC(=O)N(c2ccc(F)cc2C)C1. The zero-order valence-corrected chi connectivity index (χ0v) is 9.24. The fourth-order valence-electron chi connectivity index (χ4n) is 2.05. The van der Waals surface area contributed by atoms with E-state index in [9.17, 15) is 9.18 Å². The molecule has 3 heteroatoms.